The average molecular weight is 357 g/mol. The average Bonchev–Trinajstić information content (AvgIpc) is 2.89. The summed E-state index contributed by atoms with van der Waals surface area (Å²) in [6.45, 7) is 3.18. The first kappa shape index (κ1) is 15.8. The van der Waals surface area contributed by atoms with Crippen LogP contribution in [0.5, 0.6) is 0 Å². The minimum absolute atomic E-state index is 0.0552. The fourth-order valence-corrected chi connectivity index (χ4v) is 2.44. The molecule has 7 heteroatoms. The Bertz CT molecular complexity index is 533. The van der Waals surface area contributed by atoms with Crippen molar-refractivity contribution in [1.29, 1.82) is 0 Å². The van der Waals surface area contributed by atoms with Crippen molar-refractivity contribution in [2.45, 2.75) is 6.42 Å². The zero-order valence-electron chi connectivity index (χ0n) is 11.5. The van der Waals surface area contributed by atoms with Crippen molar-refractivity contribution in [3.63, 3.8) is 0 Å². The molecule has 1 saturated heterocycles. The molecule has 0 bridgehead atoms. The van der Waals surface area contributed by atoms with Crippen molar-refractivity contribution >= 4 is 33.9 Å². The summed E-state index contributed by atoms with van der Waals surface area (Å²) in [4.78, 5) is 26.4. The SMILES string of the molecule is O=C(O)CCN1CCN(C(=O)/C=C/c2ccc(Br)o2)CC1. The van der Waals surface area contributed by atoms with Crippen LogP contribution in [-0.4, -0.2) is 59.5 Å². The Labute approximate surface area is 131 Å². The summed E-state index contributed by atoms with van der Waals surface area (Å²) in [5.74, 6) is -0.225. The van der Waals surface area contributed by atoms with E-state index in [0.29, 0.717) is 43.2 Å². The molecule has 6 nitrogen and oxygen atoms in total. The zero-order chi connectivity index (χ0) is 15.2. The van der Waals surface area contributed by atoms with Gasteiger partial charge in [0.15, 0.2) is 4.67 Å². The van der Waals surface area contributed by atoms with Crippen LogP contribution in [0, 0.1) is 0 Å². The van der Waals surface area contributed by atoms with Gasteiger partial charge < -0.3 is 14.4 Å². The number of nitrogens with zero attached hydrogens (tertiary/aromatic N) is 2. The molecule has 1 N–H and O–H groups in total. The summed E-state index contributed by atoms with van der Waals surface area (Å²) < 4.78 is 5.91. The Morgan fingerprint density at radius 1 is 1.29 bits per heavy atom. The van der Waals surface area contributed by atoms with E-state index in [0.717, 1.165) is 0 Å². The van der Waals surface area contributed by atoms with E-state index in [1.807, 2.05) is 0 Å². The number of halogens is 1. The van der Waals surface area contributed by atoms with Gasteiger partial charge in [0.2, 0.25) is 5.91 Å². The van der Waals surface area contributed by atoms with Crippen LogP contribution in [0.25, 0.3) is 6.08 Å². The number of aliphatic carboxylic acids is 1. The molecule has 0 atom stereocenters. The van der Waals surface area contributed by atoms with Gasteiger partial charge in [-0.3, -0.25) is 14.5 Å². The topological polar surface area (TPSA) is 74.0 Å². The molecular formula is C14H17BrN2O4. The third kappa shape index (κ3) is 5.02. The van der Waals surface area contributed by atoms with Crippen molar-refractivity contribution in [3.8, 4) is 0 Å². The molecule has 1 fully saturated rings. The van der Waals surface area contributed by atoms with Gasteiger partial charge in [-0.2, -0.15) is 0 Å². The lowest BCUT2D eigenvalue weighted by Gasteiger charge is -2.33. The molecule has 0 spiro atoms. The molecule has 1 aromatic heterocycles. The first-order valence-electron chi connectivity index (χ1n) is 6.71. The molecule has 0 aliphatic carbocycles. The summed E-state index contributed by atoms with van der Waals surface area (Å²) in [6, 6.07) is 3.54. The first-order valence-corrected chi connectivity index (χ1v) is 7.50. The molecule has 1 aromatic rings. The molecule has 1 aliphatic rings. The highest BCUT2D eigenvalue weighted by molar-refractivity contribution is 9.10. The maximum atomic E-state index is 12.0. The highest BCUT2D eigenvalue weighted by Crippen LogP contribution is 2.15. The molecule has 0 aromatic carbocycles. The first-order chi connectivity index (χ1) is 10.0. The number of carbonyl (C=O) groups excluding carboxylic acids is 1. The van der Waals surface area contributed by atoms with Gasteiger partial charge in [-0.05, 0) is 34.1 Å². The minimum atomic E-state index is -0.791. The van der Waals surface area contributed by atoms with Gasteiger partial charge in [-0.25, -0.2) is 0 Å². The fourth-order valence-electron chi connectivity index (χ4n) is 2.12. The van der Waals surface area contributed by atoms with Gasteiger partial charge in [-0.1, -0.05) is 0 Å². The van der Waals surface area contributed by atoms with E-state index in [4.69, 9.17) is 9.52 Å². The molecule has 2 rings (SSSR count). The lowest BCUT2D eigenvalue weighted by atomic mass is 10.2. The highest BCUT2D eigenvalue weighted by Gasteiger charge is 2.19. The molecule has 2 heterocycles. The van der Waals surface area contributed by atoms with Gasteiger partial charge in [-0.15, -0.1) is 0 Å². The zero-order valence-corrected chi connectivity index (χ0v) is 13.1. The third-order valence-corrected chi connectivity index (χ3v) is 3.74. The van der Waals surface area contributed by atoms with E-state index in [1.165, 1.54) is 6.08 Å². The number of piperazine rings is 1. The molecule has 114 valence electrons. The predicted molar refractivity (Wildman–Crippen MR) is 80.7 cm³/mol. The number of carbonyl (C=O) groups is 2. The molecule has 1 amide bonds. The maximum absolute atomic E-state index is 12.0. The van der Waals surface area contributed by atoms with E-state index < -0.39 is 5.97 Å². The summed E-state index contributed by atoms with van der Waals surface area (Å²) in [5, 5.41) is 8.65. The molecular weight excluding hydrogens is 340 g/mol. The smallest absolute Gasteiger partial charge is 0.304 e. The minimum Gasteiger partial charge on any atom is -0.481 e. The van der Waals surface area contributed by atoms with Gasteiger partial charge in [0.1, 0.15) is 5.76 Å². The molecule has 1 aliphatic heterocycles. The Morgan fingerprint density at radius 2 is 2.00 bits per heavy atom. The van der Waals surface area contributed by atoms with Crippen molar-refractivity contribution in [2.75, 3.05) is 32.7 Å². The van der Waals surface area contributed by atoms with Gasteiger partial charge >= 0.3 is 5.97 Å². The highest BCUT2D eigenvalue weighted by atomic mass is 79.9. The third-order valence-electron chi connectivity index (χ3n) is 3.31. The molecule has 21 heavy (non-hydrogen) atoms. The second-order valence-corrected chi connectivity index (χ2v) is 5.57. The van der Waals surface area contributed by atoms with E-state index in [2.05, 4.69) is 20.8 Å². The standard InChI is InChI=1S/C14H17BrN2O4/c15-12-3-1-11(21-12)2-4-13(18)17-9-7-16(8-10-17)6-5-14(19)20/h1-4H,5-10H2,(H,19,20)/b4-2+. The predicted octanol–water partition coefficient (Wildman–Crippen LogP) is 1.67. The van der Waals surface area contributed by atoms with Gasteiger partial charge in [0, 0.05) is 38.8 Å². The number of amides is 1. The van der Waals surface area contributed by atoms with Crippen LogP contribution >= 0.6 is 15.9 Å². The van der Waals surface area contributed by atoms with Gasteiger partial charge in [0.25, 0.3) is 0 Å². The number of carboxylic acids is 1. The van der Waals surface area contributed by atoms with Crippen molar-refractivity contribution in [3.05, 3.63) is 28.6 Å². The van der Waals surface area contributed by atoms with Gasteiger partial charge in [0.05, 0.1) is 6.42 Å². The van der Waals surface area contributed by atoms with Crippen LogP contribution in [-0.2, 0) is 9.59 Å². The Hall–Kier alpha value is -1.60. The summed E-state index contributed by atoms with van der Waals surface area (Å²) >= 11 is 3.20. The summed E-state index contributed by atoms with van der Waals surface area (Å²) in [7, 11) is 0. The van der Waals surface area contributed by atoms with E-state index >= 15 is 0 Å². The van der Waals surface area contributed by atoms with Crippen LogP contribution in [0.2, 0.25) is 0 Å². The fraction of sp³-hybridized carbons (Fsp3) is 0.429. The van der Waals surface area contributed by atoms with Crippen LogP contribution in [0.15, 0.2) is 27.3 Å². The Morgan fingerprint density at radius 3 is 2.57 bits per heavy atom. The Kier molecular flexibility index (Phi) is 5.58. The van der Waals surface area contributed by atoms with Crippen molar-refractivity contribution in [2.24, 2.45) is 0 Å². The van der Waals surface area contributed by atoms with Crippen LogP contribution in [0.4, 0.5) is 0 Å². The van der Waals surface area contributed by atoms with E-state index in [9.17, 15) is 9.59 Å². The van der Waals surface area contributed by atoms with Crippen molar-refractivity contribution < 1.29 is 19.1 Å². The molecule has 0 radical (unpaired) electrons. The summed E-state index contributed by atoms with van der Waals surface area (Å²) in [5.41, 5.74) is 0. The maximum Gasteiger partial charge on any atom is 0.304 e. The van der Waals surface area contributed by atoms with Crippen LogP contribution in [0.1, 0.15) is 12.2 Å². The largest absolute Gasteiger partial charge is 0.481 e. The molecule has 0 unspecified atom stereocenters. The lowest BCUT2D eigenvalue weighted by Crippen LogP contribution is -2.48. The quantitative estimate of drug-likeness (QED) is 0.812. The number of hydrogen-bond donors (Lipinski definition) is 1. The number of rotatable bonds is 5. The van der Waals surface area contributed by atoms with Crippen LogP contribution < -0.4 is 0 Å². The number of furan rings is 1. The van der Waals surface area contributed by atoms with E-state index in [-0.39, 0.29) is 12.3 Å². The lowest BCUT2D eigenvalue weighted by molar-refractivity contribution is -0.138. The monoisotopic (exact) mass is 356 g/mol. The van der Waals surface area contributed by atoms with Crippen molar-refractivity contribution in [1.82, 2.24) is 9.80 Å². The van der Waals surface area contributed by atoms with Crippen LogP contribution in [0.3, 0.4) is 0 Å². The molecule has 0 saturated carbocycles. The second kappa shape index (κ2) is 7.42. The van der Waals surface area contributed by atoms with E-state index in [1.54, 1.807) is 23.1 Å². The number of hydrogen-bond acceptors (Lipinski definition) is 4. The normalized spacial score (nSPS) is 16.5. The second-order valence-electron chi connectivity index (χ2n) is 4.79. The number of carboxylic acid groups (broad SMARTS) is 1. The Balaban J connectivity index is 1.77. The summed E-state index contributed by atoms with van der Waals surface area (Å²) in [6.07, 6.45) is 3.28.